The fourth-order valence-electron chi connectivity index (χ4n) is 3.84. The number of hydrogen-bond acceptors (Lipinski definition) is 9. The lowest BCUT2D eigenvalue weighted by molar-refractivity contribution is -0.111. The van der Waals surface area contributed by atoms with Crippen molar-refractivity contribution in [3.63, 3.8) is 0 Å². The van der Waals surface area contributed by atoms with Gasteiger partial charge < -0.3 is 20.3 Å². The van der Waals surface area contributed by atoms with E-state index in [0.29, 0.717) is 29.9 Å². The average molecular weight is 503 g/mol. The smallest absolute Gasteiger partial charge is 0.415 e. The number of benzene rings is 1. The molecule has 1 aromatic carbocycles. The quantitative estimate of drug-likeness (QED) is 0.412. The summed E-state index contributed by atoms with van der Waals surface area (Å²) in [5, 5.41) is 5.93. The molecule has 0 unspecified atom stereocenters. The number of aromatic nitrogens is 4. The molecule has 0 radical (unpaired) electrons. The van der Waals surface area contributed by atoms with Gasteiger partial charge in [0.2, 0.25) is 11.9 Å². The Labute approximate surface area is 215 Å². The lowest BCUT2D eigenvalue weighted by Crippen LogP contribution is -2.37. The molecule has 4 rings (SSSR count). The maximum absolute atomic E-state index is 12.3. The second-order valence-electron chi connectivity index (χ2n) is 8.96. The van der Waals surface area contributed by atoms with Crippen molar-refractivity contribution in [2.45, 2.75) is 32.9 Å². The number of anilines is 5. The first-order valence-electron chi connectivity index (χ1n) is 11.9. The van der Waals surface area contributed by atoms with Gasteiger partial charge in [-0.2, -0.15) is 4.98 Å². The fourth-order valence-corrected chi connectivity index (χ4v) is 3.84. The van der Waals surface area contributed by atoms with Crippen LogP contribution in [0, 0.1) is 5.92 Å². The summed E-state index contributed by atoms with van der Waals surface area (Å²) >= 11 is 0. The summed E-state index contributed by atoms with van der Waals surface area (Å²) in [6, 6.07) is 8.74. The third-order valence-electron chi connectivity index (χ3n) is 6.05. The lowest BCUT2D eigenvalue weighted by atomic mass is 10.0. The Bertz CT molecular complexity index is 1260. The molecule has 11 heteroatoms. The molecule has 2 aromatic heterocycles. The molecule has 2 atom stereocenters. The predicted octanol–water partition coefficient (Wildman–Crippen LogP) is 4.31. The maximum atomic E-state index is 12.3. The highest BCUT2D eigenvalue weighted by Gasteiger charge is 2.37. The molecule has 192 valence electrons. The summed E-state index contributed by atoms with van der Waals surface area (Å²) < 4.78 is 5.23. The summed E-state index contributed by atoms with van der Waals surface area (Å²) in [4.78, 5) is 45.1. The Morgan fingerprint density at radius 2 is 1.84 bits per heavy atom. The van der Waals surface area contributed by atoms with Crippen LogP contribution in [0.15, 0.2) is 61.6 Å². The highest BCUT2D eigenvalue weighted by atomic mass is 16.6. The Morgan fingerprint density at radius 3 is 2.49 bits per heavy atom. The maximum Gasteiger partial charge on any atom is 0.415 e. The number of carbonyl (C=O) groups is 2. The summed E-state index contributed by atoms with van der Waals surface area (Å²) in [5.74, 6) is 1.37. The number of carbonyl (C=O) groups excluding carboxylic acids is 2. The first-order chi connectivity index (χ1) is 17.8. The molecule has 3 aromatic rings. The first-order valence-corrected chi connectivity index (χ1v) is 11.9. The van der Waals surface area contributed by atoms with E-state index in [9.17, 15) is 9.59 Å². The Morgan fingerprint density at radius 1 is 1.14 bits per heavy atom. The highest BCUT2D eigenvalue weighted by molar-refractivity contribution is 5.99. The third-order valence-corrected chi connectivity index (χ3v) is 6.05. The Kier molecular flexibility index (Phi) is 7.61. The molecule has 2 N–H and O–H groups in total. The van der Waals surface area contributed by atoms with Gasteiger partial charge in [-0.25, -0.2) is 19.7 Å². The van der Waals surface area contributed by atoms with Crippen molar-refractivity contribution in [3.05, 3.63) is 67.4 Å². The summed E-state index contributed by atoms with van der Waals surface area (Å²) in [5.41, 5.74) is 2.38. The van der Waals surface area contributed by atoms with E-state index in [-0.39, 0.29) is 23.9 Å². The number of cyclic esters (lactones) is 1. The van der Waals surface area contributed by atoms with Crippen molar-refractivity contribution < 1.29 is 14.3 Å². The van der Waals surface area contributed by atoms with E-state index in [1.165, 1.54) is 6.08 Å². The van der Waals surface area contributed by atoms with E-state index >= 15 is 0 Å². The number of ether oxygens (including phenoxy) is 1. The highest BCUT2D eigenvalue weighted by Crippen LogP contribution is 2.27. The van der Waals surface area contributed by atoms with Crippen LogP contribution in [-0.4, -0.2) is 51.6 Å². The number of amides is 2. The van der Waals surface area contributed by atoms with Crippen LogP contribution in [0.3, 0.4) is 0 Å². The zero-order valence-electron chi connectivity index (χ0n) is 21.3. The summed E-state index contributed by atoms with van der Waals surface area (Å²) in [7, 11) is 1.91. The third kappa shape index (κ3) is 5.83. The largest absolute Gasteiger partial charge is 0.447 e. The Hall–Kier alpha value is -4.54. The Balaban J connectivity index is 1.42. The minimum atomic E-state index is -0.407. The van der Waals surface area contributed by atoms with Crippen LogP contribution in [0.5, 0.6) is 0 Å². The van der Waals surface area contributed by atoms with Crippen molar-refractivity contribution in [1.29, 1.82) is 0 Å². The zero-order chi connectivity index (χ0) is 26.5. The minimum Gasteiger partial charge on any atom is -0.447 e. The van der Waals surface area contributed by atoms with Gasteiger partial charge >= 0.3 is 6.09 Å². The number of hydrogen-bond donors (Lipinski definition) is 2. The monoisotopic (exact) mass is 502 g/mol. The average Bonchev–Trinajstić information content (AvgIpc) is 3.30. The van der Waals surface area contributed by atoms with Crippen molar-refractivity contribution >= 4 is 40.8 Å². The molecule has 1 saturated heterocycles. The molecule has 37 heavy (non-hydrogen) atoms. The molecule has 1 aliphatic rings. The molecular weight excluding hydrogens is 472 g/mol. The van der Waals surface area contributed by atoms with Crippen LogP contribution in [0.2, 0.25) is 0 Å². The first kappa shape index (κ1) is 25.5. The predicted molar refractivity (Wildman–Crippen MR) is 142 cm³/mol. The van der Waals surface area contributed by atoms with Crippen LogP contribution in [0.1, 0.15) is 32.6 Å². The van der Waals surface area contributed by atoms with Gasteiger partial charge in [-0.05, 0) is 49.2 Å². The van der Waals surface area contributed by atoms with Gasteiger partial charge in [0.25, 0.3) is 0 Å². The normalized spacial score (nSPS) is 15.8. The summed E-state index contributed by atoms with van der Waals surface area (Å²) in [6.45, 7) is 9.78. The van der Waals surface area contributed by atoms with Gasteiger partial charge in [0.05, 0.1) is 30.2 Å². The van der Waals surface area contributed by atoms with Crippen molar-refractivity contribution in [2.24, 2.45) is 5.92 Å². The van der Waals surface area contributed by atoms with E-state index in [1.807, 2.05) is 57.0 Å². The second kappa shape index (κ2) is 11.0. The van der Waals surface area contributed by atoms with Crippen molar-refractivity contribution in [2.75, 3.05) is 34.1 Å². The van der Waals surface area contributed by atoms with E-state index in [2.05, 4.69) is 37.1 Å². The van der Waals surface area contributed by atoms with E-state index in [4.69, 9.17) is 4.74 Å². The van der Waals surface area contributed by atoms with Gasteiger partial charge in [0.15, 0.2) is 0 Å². The standard InChI is InChI=1S/C26H30N8O3/c1-6-23(35)31-18-7-9-19(10-8-18)33(5)20-13-28-24(29-14-20)17(4)30-25-27-12-11-22(32-25)34-21(16(2)3)15-37-26(34)36/h6-14,16-17,21H,1,15H2,2-5H3,(H,31,35)(H,27,30,32)/t17-,21+/m0/s1. The molecule has 0 saturated carbocycles. The second-order valence-corrected chi connectivity index (χ2v) is 8.96. The number of nitrogens with one attached hydrogen (secondary N) is 2. The molecule has 0 spiro atoms. The van der Waals surface area contributed by atoms with Gasteiger partial charge in [0, 0.05) is 24.6 Å². The number of nitrogens with zero attached hydrogens (tertiary/aromatic N) is 6. The molecular formula is C26H30N8O3. The minimum absolute atomic E-state index is 0.0809. The van der Waals surface area contributed by atoms with Gasteiger partial charge in [-0.15, -0.1) is 0 Å². The number of rotatable bonds is 9. The van der Waals surface area contributed by atoms with E-state index in [0.717, 1.165) is 11.4 Å². The molecule has 1 fully saturated rings. The van der Waals surface area contributed by atoms with Crippen LogP contribution < -0.4 is 20.4 Å². The summed E-state index contributed by atoms with van der Waals surface area (Å²) in [6.07, 6.45) is 5.89. The topological polar surface area (TPSA) is 125 Å². The molecule has 1 aliphatic heterocycles. The van der Waals surface area contributed by atoms with Crippen molar-refractivity contribution in [1.82, 2.24) is 19.9 Å². The molecule has 11 nitrogen and oxygen atoms in total. The molecule has 0 bridgehead atoms. The SMILES string of the molecule is C=CC(=O)Nc1ccc(N(C)c2cnc([C@H](C)Nc3nccc(N4C(=O)OC[C@@H]4C(C)C)n3)nc2)cc1. The van der Waals surface area contributed by atoms with Gasteiger partial charge in [-0.3, -0.25) is 9.69 Å². The van der Waals surface area contributed by atoms with Crippen LogP contribution in [0.25, 0.3) is 0 Å². The molecule has 3 heterocycles. The van der Waals surface area contributed by atoms with E-state index < -0.39 is 6.09 Å². The van der Waals surface area contributed by atoms with Gasteiger partial charge in [0.1, 0.15) is 18.2 Å². The molecule has 0 aliphatic carbocycles. The van der Waals surface area contributed by atoms with E-state index in [1.54, 1.807) is 29.6 Å². The fraction of sp³-hybridized carbons (Fsp3) is 0.308. The van der Waals surface area contributed by atoms with Gasteiger partial charge in [-0.1, -0.05) is 20.4 Å². The zero-order valence-corrected chi connectivity index (χ0v) is 21.3. The van der Waals surface area contributed by atoms with Crippen LogP contribution in [0.4, 0.5) is 33.6 Å². The van der Waals surface area contributed by atoms with Crippen LogP contribution >= 0.6 is 0 Å². The molecule has 2 amide bonds. The van der Waals surface area contributed by atoms with Crippen molar-refractivity contribution in [3.8, 4) is 0 Å². The lowest BCUT2D eigenvalue weighted by Gasteiger charge is -2.23. The van der Waals surface area contributed by atoms with Crippen LogP contribution in [-0.2, 0) is 9.53 Å².